The van der Waals surface area contributed by atoms with Crippen LogP contribution in [0.15, 0.2) is 29.0 Å². The first-order chi connectivity index (χ1) is 18.4. The minimum Gasteiger partial charge on any atom is -0.508 e. The van der Waals surface area contributed by atoms with Gasteiger partial charge in [-0.2, -0.15) is 0 Å². The van der Waals surface area contributed by atoms with E-state index >= 15 is 0 Å². The molecule has 1 aromatic carbocycles. The highest BCUT2D eigenvalue weighted by atomic mass is 16.3. The molecular weight excluding hydrogens is 508 g/mol. The number of amides is 2. The summed E-state index contributed by atoms with van der Waals surface area (Å²) in [5.74, 6) is -7.45. The Labute approximate surface area is 224 Å². The lowest BCUT2D eigenvalue weighted by atomic mass is 9.57. The monoisotopic (exact) mass is 540 g/mol. The fourth-order valence-electron chi connectivity index (χ4n) is 6.65. The number of Topliss-reactive ketones (excluding diaryl/α,β-unsaturated/α-hetero) is 2. The van der Waals surface area contributed by atoms with E-state index in [4.69, 9.17) is 5.73 Å². The maximum Gasteiger partial charge on any atom is 0.255 e. The van der Waals surface area contributed by atoms with Crippen LogP contribution in [-0.4, -0.2) is 99.0 Å². The number of nitrogens with two attached hydrogens (primary N) is 1. The predicted octanol–water partition coefficient (Wildman–Crippen LogP) is -0.00170. The van der Waals surface area contributed by atoms with Gasteiger partial charge in [0.2, 0.25) is 11.7 Å². The highest BCUT2D eigenvalue weighted by molar-refractivity contribution is 6.24. The van der Waals surface area contributed by atoms with E-state index in [1.54, 1.807) is 20.2 Å². The number of benzene rings is 1. The van der Waals surface area contributed by atoms with E-state index in [0.717, 1.165) is 25.9 Å². The lowest BCUT2D eigenvalue weighted by Crippen LogP contribution is -2.65. The van der Waals surface area contributed by atoms with Gasteiger partial charge in [0, 0.05) is 11.5 Å². The fourth-order valence-corrected chi connectivity index (χ4v) is 6.65. The van der Waals surface area contributed by atoms with Gasteiger partial charge in [-0.05, 0) is 70.4 Å². The van der Waals surface area contributed by atoms with E-state index in [0.29, 0.717) is 5.56 Å². The van der Waals surface area contributed by atoms with Crippen LogP contribution in [0.4, 0.5) is 5.69 Å². The average Bonchev–Trinajstić information content (AvgIpc) is 3.35. The smallest absolute Gasteiger partial charge is 0.255 e. The van der Waals surface area contributed by atoms with E-state index in [1.807, 2.05) is 4.90 Å². The number of primary amides is 1. The van der Waals surface area contributed by atoms with Gasteiger partial charge >= 0.3 is 0 Å². The summed E-state index contributed by atoms with van der Waals surface area (Å²) in [6.45, 7) is 1.77. The number of carbonyl (C=O) groups excluding carboxylic acids is 4. The van der Waals surface area contributed by atoms with Crippen molar-refractivity contribution in [1.29, 1.82) is 0 Å². The van der Waals surface area contributed by atoms with E-state index in [1.165, 1.54) is 11.0 Å². The molecule has 5 rings (SSSR count). The number of aliphatic hydroxyl groups excluding tert-OH is 2. The van der Waals surface area contributed by atoms with Crippen molar-refractivity contribution in [3.05, 3.63) is 40.2 Å². The molecule has 4 atom stereocenters. The first kappa shape index (κ1) is 26.9. The molecule has 4 unspecified atom stereocenters. The number of nitrogens with zero attached hydrogens (tertiary/aromatic N) is 2. The Balaban J connectivity index is 1.56. The van der Waals surface area contributed by atoms with Crippen molar-refractivity contribution in [2.45, 2.75) is 37.3 Å². The number of carbonyl (C=O) groups is 4. The quantitative estimate of drug-likeness (QED) is 0.219. The number of phenolic OH excluding ortho intramolecular Hbond substituents is 1. The molecule has 208 valence electrons. The zero-order chi connectivity index (χ0) is 28.4. The molecule has 2 fully saturated rings. The number of hydrogen-bond acceptors (Lipinski definition) is 10. The second kappa shape index (κ2) is 9.47. The largest absolute Gasteiger partial charge is 0.508 e. The Kier molecular flexibility index (Phi) is 6.52. The SMILES string of the molecule is CN(C)C1C(=O)C(C(N)=O)=C(O)C2(O)C(=O)C3=C(O)c4c(ccc(NC(=O)CN5CCCC5)c4O)CC3CC12. The Morgan fingerprint density at radius 1 is 1.15 bits per heavy atom. The number of hydrogen-bond donors (Lipinski definition) is 6. The third-order valence-electron chi connectivity index (χ3n) is 8.43. The summed E-state index contributed by atoms with van der Waals surface area (Å²) in [5.41, 5.74) is 2.05. The minimum absolute atomic E-state index is 0.0147. The first-order valence-electron chi connectivity index (χ1n) is 12.9. The van der Waals surface area contributed by atoms with Crippen molar-refractivity contribution in [1.82, 2.24) is 9.80 Å². The van der Waals surface area contributed by atoms with Gasteiger partial charge in [-0.15, -0.1) is 0 Å². The normalized spacial score (nSPS) is 28.9. The van der Waals surface area contributed by atoms with E-state index in [2.05, 4.69) is 5.32 Å². The van der Waals surface area contributed by atoms with Gasteiger partial charge in [0.25, 0.3) is 5.91 Å². The van der Waals surface area contributed by atoms with Gasteiger partial charge < -0.3 is 31.5 Å². The van der Waals surface area contributed by atoms with E-state index in [-0.39, 0.29) is 42.1 Å². The highest BCUT2D eigenvalue weighted by Gasteiger charge is 2.64. The molecule has 12 nitrogen and oxygen atoms in total. The van der Waals surface area contributed by atoms with Gasteiger partial charge in [-0.3, -0.25) is 29.0 Å². The molecule has 1 aromatic rings. The summed E-state index contributed by atoms with van der Waals surface area (Å²) in [7, 11) is 3.09. The fraction of sp³-hybridized carbons (Fsp3) is 0.481. The molecule has 4 aliphatic rings. The molecule has 1 heterocycles. The van der Waals surface area contributed by atoms with Gasteiger partial charge in [-0.1, -0.05) is 6.07 Å². The average molecular weight is 541 g/mol. The second-order valence-corrected chi connectivity index (χ2v) is 11.0. The maximum atomic E-state index is 13.9. The molecule has 1 saturated heterocycles. The molecule has 0 bridgehead atoms. The van der Waals surface area contributed by atoms with Crippen molar-refractivity contribution in [3.8, 4) is 5.75 Å². The Hall–Kier alpha value is -3.74. The highest BCUT2D eigenvalue weighted by Crippen LogP contribution is 2.53. The standard InChI is InChI=1S/C27H32N4O8/c1-30(2)20-14-10-13-9-12-5-6-15(29-16(32)11-31-7-3-4-8-31)21(33)17(12)22(34)18(13)24(36)27(14,39)25(37)19(23(20)35)26(28)38/h5-6,13-14,20,33-34,37,39H,3-4,7-11H2,1-2H3,(H2,28,38)(H,29,32). The van der Waals surface area contributed by atoms with Crippen LogP contribution in [0, 0.1) is 11.8 Å². The molecule has 0 spiro atoms. The number of fused-ring (bicyclic) bond motifs is 3. The number of anilines is 1. The summed E-state index contributed by atoms with van der Waals surface area (Å²) in [5, 5.41) is 47.5. The van der Waals surface area contributed by atoms with Gasteiger partial charge in [0.1, 0.15) is 22.8 Å². The lowest BCUT2D eigenvalue weighted by molar-refractivity contribution is -0.153. The number of aromatic hydroxyl groups is 1. The summed E-state index contributed by atoms with van der Waals surface area (Å²) in [6.07, 6.45) is 2.22. The molecule has 39 heavy (non-hydrogen) atoms. The molecular formula is C27H32N4O8. The van der Waals surface area contributed by atoms with Crippen molar-refractivity contribution >= 4 is 34.8 Å². The van der Waals surface area contributed by atoms with Crippen molar-refractivity contribution in [2.75, 3.05) is 39.0 Å². The topological polar surface area (TPSA) is 194 Å². The summed E-state index contributed by atoms with van der Waals surface area (Å²) >= 11 is 0. The number of aliphatic hydroxyl groups is 3. The van der Waals surface area contributed by atoms with Crippen molar-refractivity contribution in [2.24, 2.45) is 17.6 Å². The summed E-state index contributed by atoms with van der Waals surface area (Å²) in [6, 6.07) is 2.02. The number of phenols is 1. The number of likely N-dealkylation sites (N-methyl/N-ethyl adjacent to an activating group) is 1. The van der Waals surface area contributed by atoms with Crippen LogP contribution in [0.3, 0.4) is 0 Å². The number of rotatable bonds is 5. The third-order valence-corrected chi connectivity index (χ3v) is 8.43. The van der Waals surface area contributed by atoms with Gasteiger partial charge in [0.05, 0.1) is 23.8 Å². The Morgan fingerprint density at radius 3 is 2.44 bits per heavy atom. The number of likely N-dealkylation sites (tertiary alicyclic amines) is 1. The zero-order valence-corrected chi connectivity index (χ0v) is 21.7. The Morgan fingerprint density at radius 2 is 1.82 bits per heavy atom. The van der Waals surface area contributed by atoms with Crippen LogP contribution >= 0.6 is 0 Å². The number of nitrogens with one attached hydrogen (secondary N) is 1. The molecule has 7 N–H and O–H groups in total. The molecule has 12 heteroatoms. The first-order valence-corrected chi connectivity index (χ1v) is 12.9. The second-order valence-electron chi connectivity index (χ2n) is 11.0. The van der Waals surface area contributed by atoms with E-state index in [9.17, 15) is 39.6 Å². The van der Waals surface area contributed by atoms with Crippen LogP contribution in [0.25, 0.3) is 5.76 Å². The lowest BCUT2D eigenvalue weighted by Gasteiger charge is -2.50. The van der Waals surface area contributed by atoms with Crippen LogP contribution in [0.1, 0.15) is 30.4 Å². The third kappa shape index (κ3) is 4.01. The molecule has 3 aliphatic carbocycles. The predicted molar refractivity (Wildman–Crippen MR) is 139 cm³/mol. The van der Waals surface area contributed by atoms with E-state index < -0.39 is 63.8 Å². The number of ketones is 2. The minimum atomic E-state index is -2.69. The maximum absolute atomic E-state index is 13.9. The van der Waals surface area contributed by atoms with Crippen molar-refractivity contribution in [3.63, 3.8) is 0 Å². The van der Waals surface area contributed by atoms with Gasteiger partial charge in [0.15, 0.2) is 11.4 Å². The Bertz CT molecular complexity index is 1360. The summed E-state index contributed by atoms with van der Waals surface area (Å²) < 4.78 is 0. The molecule has 1 saturated carbocycles. The van der Waals surface area contributed by atoms with Crippen LogP contribution < -0.4 is 11.1 Å². The van der Waals surface area contributed by atoms with Gasteiger partial charge in [-0.25, -0.2) is 0 Å². The van der Waals surface area contributed by atoms with Crippen LogP contribution in [0.5, 0.6) is 5.75 Å². The molecule has 0 radical (unpaired) electrons. The molecule has 0 aromatic heterocycles. The molecule has 2 amide bonds. The van der Waals surface area contributed by atoms with Crippen LogP contribution in [-0.2, 0) is 25.6 Å². The summed E-state index contributed by atoms with van der Waals surface area (Å²) in [4.78, 5) is 55.0. The van der Waals surface area contributed by atoms with Crippen molar-refractivity contribution < 1.29 is 39.6 Å². The zero-order valence-electron chi connectivity index (χ0n) is 21.7. The van der Waals surface area contributed by atoms with Crippen LogP contribution in [0.2, 0.25) is 0 Å². The molecule has 1 aliphatic heterocycles.